The van der Waals surface area contributed by atoms with Gasteiger partial charge in [0.05, 0.1) is 11.6 Å². The number of carbonyl (C=O) groups is 1. The number of likely N-dealkylation sites (tertiary alicyclic amines) is 1. The highest BCUT2D eigenvalue weighted by Gasteiger charge is 2.38. The highest BCUT2D eigenvalue weighted by atomic mass is 16.3. The molecule has 0 spiro atoms. The van der Waals surface area contributed by atoms with E-state index in [-0.39, 0.29) is 11.9 Å². The van der Waals surface area contributed by atoms with Crippen LogP contribution < -0.4 is 0 Å². The zero-order chi connectivity index (χ0) is 12.5. The molecule has 0 saturated carbocycles. The van der Waals surface area contributed by atoms with Crippen molar-refractivity contribution >= 4 is 5.91 Å². The van der Waals surface area contributed by atoms with Crippen LogP contribution in [-0.4, -0.2) is 34.1 Å². The maximum Gasteiger partial charge on any atom is 0.254 e. The van der Waals surface area contributed by atoms with Crippen LogP contribution in [0.3, 0.4) is 0 Å². The minimum Gasteiger partial charge on any atom is -0.388 e. The largest absolute Gasteiger partial charge is 0.388 e. The molecule has 1 amide bonds. The average molecular weight is 233 g/mol. The lowest BCUT2D eigenvalue weighted by Gasteiger charge is -2.33. The van der Waals surface area contributed by atoms with Gasteiger partial charge in [0.2, 0.25) is 0 Å². The van der Waals surface area contributed by atoms with E-state index in [4.69, 9.17) is 0 Å². The highest BCUT2D eigenvalue weighted by Crippen LogP contribution is 2.28. The summed E-state index contributed by atoms with van der Waals surface area (Å²) in [7, 11) is 0. The molecule has 3 heteroatoms. The highest BCUT2D eigenvalue weighted by molar-refractivity contribution is 5.94. The summed E-state index contributed by atoms with van der Waals surface area (Å²) in [6.07, 6.45) is 1.84. The summed E-state index contributed by atoms with van der Waals surface area (Å²) in [4.78, 5) is 14.1. The summed E-state index contributed by atoms with van der Waals surface area (Å²) in [5, 5.41) is 10.1. The molecule has 17 heavy (non-hydrogen) atoms. The maximum atomic E-state index is 12.3. The number of aliphatic hydroxyl groups is 1. The Morgan fingerprint density at radius 1 is 1.35 bits per heavy atom. The van der Waals surface area contributed by atoms with Gasteiger partial charge in [-0.05, 0) is 38.8 Å². The quantitative estimate of drug-likeness (QED) is 0.849. The van der Waals surface area contributed by atoms with Gasteiger partial charge in [-0.2, -0.15) is 0 Å². The van der Waals surface area contributed by atoms with Crippen LogP contribution in [-0.2, 0) is 0 Å². The standard InChI is InChI=1S/C14H19NO2/c1-14(2,17)12-9-6-10-15(12)13(16)11-7-4-3-5-8-11/h3-5,7-8,12,17H,6,9-10H2,1-2H3/t12-/m0/s1. The molecular formula is C14H19NO2. The van der Waals surface area contributed by atoms with Gasteiger partial charge in [-0.25, -0.2) is 0 Å². The molecule has 0 aromatic heterocycles. The van der Waals surface area contributed by atoms with Crippen LogP contribution in [0.2, 0.25) is 0 Å². The summed E-state index contributed by atoms with van der Waals surface area (Å²) >= 11 is 0. The molecule has 3 nitrogen and oxygen atoms in total. The SMILES string of the molecule is CC(C)(O)[C@@H]1CCCN1C(=O)c1ccccc1. The first-order valence-corrected chi connectivity index (χ1v) is 6.08. The second kappa shape index (κ2) is 4.49. The second-order valence-electron chi connectivity index (χ2n) is 5.18. The summed E-state index contributed by atoms with van der Waals surface area (Å²) in [6.45, 7) is 4.28. The molecule has 1 atom stereocenters. The zero-order valence-electron chi connectivity index (χ0n) is 10.4. The Bertz CT molecular complexity index is 394. The van der Waals surface area contributed by atoms with Crippen molar-refractivity contribution in [1.29, 1.82) is 0 Å². The number of nitrogens with zero attached hydrogens (tertiary/aromatic N) is 1. The first kappa shape index (κ1) is 12.1. The number of carbonyl (C=O) groups excluding carboxylic acids is 1. The van der Waals surface area contributed by atoms with Gasteiger partial charge in [0.15, 0.2) is 0 Å². The van der Waals surface area contributed by atoms with E-state index in [1.807, 2.05) is 30.3 Å². The molecule has 0 bridgehead atoms. The van der Waals surface area contributed by atoms with Gasteiger partial charge in [0.1, 0.15) is 0 Å². The van der Waals surface area contributed by atoms with Gasteiger partial charge in [-0.15, -0.1) is 0 Å². The predicted molar refractivity (Wildman–Crippen MR) is 66.8 cm³/mol. The van der Waals surface area contributed by atoms with Gasteiger partial charge in [-0.1, -0.05) is 18.2 Å². The molecule has 92 valence electrons. The number of hydrogen-bond acceptors (Lipinski definition) is 2. The Labute approximate surface area is 102 Å². The van der Waals surface area contributed by atoms with E-state index in [0.29, 0.717) is 5.56 Å². The maximum absolute atomic E-state index is 12.3. The molecule has 1 aliphatic rings. The molecule has 1 saturated heterocycles. The van der Waals surface area contributed by atoms with Crippen LogP contribution >= 0.6 is 0 Å². The molecule has 1 fully saturated rings. The Hall–Kier alpha value is -1.35. The predicted octanol–water partition coefficient (Wildman–Crippen LogP) is 2.06. The summed E-state index contributed by atoms with van der Waals surface area (Å²) in [6, 6.07) is 9.19. The van der Waals surface area contributed by atoms with Crippen molar-refractivity contribution < 1.29 is 9.90 Å². The van der Waals surface area contributed by atoms with Gasteiger partial charge < -0.3 is 10.0 Å². The van der Waals surface area contributed by atoms with Crippen molar-refractivity contribution in [2.75, 3.05) is 6.54 Å². The van der Waals surface area contributed by atoms with Crippen molar-refractivity contribution in [2.24, 2.45) is 0 Å². The number of hydrogen-bond donors (Lipinski definition) is 1. The first-order valence-electron chi connectivity index (χ1n) is 6.08. The van der Waals surface area contributed by atoms with E-state index in [9.17, 15) is 9.90 Å². The molecule has 1 aromatic rings. The van der Waals surface area contributed by atoms with E-state index in [1.54, 1.807) is 18.7 Å². The number of amides is 1. The van der Waals surface area contributed by atoms with Crippen LogP contribution in [0.1, 0.15) is 37.0 Å². The lowest BCUT2D eigenvalue weighted by atomic mass is 9.96. The molecule has 0 radical (unpaired) electrons. The lowest BCUT2D eigenvalue weighted by Crippen LogP contribution is -2.48. The Morgan fingerprint density at radius 3 is 2.59 bits per heavy atom. The second-order valence-corrected chi connectivity index (χ2v) is 5.18. The van der Waals surface area contributed by atoms with Crippen LogP contribution in [0.4, 0.5) is 0 Å². The first-order chi connectivity index (χ1) is 8.00. The van der Waals surface area contributed by atoms with Crippen molar-refractivity contribution in [1.82, 2.24) is 4.90 Å². The fraction of sp³-hybridized carbons (Fsp3) is 0.500. The average Bonchev–Trinajstić information content (AvgIpc) is 2.78. The number of rotatable bonds is 2. The zero-order valence-corrected chi connectivity index (χ0v) is 10.4. The smallest absolute Gasteiger partial charge is 0.254 e. The summed E-state index contributed by atoms with van der Waals surface area (Å²) in [5.41, 5.74) is -0.135. The number of benzene rings is 1. The van der Waals surface area contributed by atoms with Crippen molar-refractivity contribution in [2.45, 2.75) is 38.3 Å². The third-order valence-electron chi connectivity index (χ3n) is 3.35. The monoisotopic (exact) mass is 233 g/mol. The summed E-state index contributed by atoms with van der Waals surface area (Å²) < 4.78 is 0. The normalized spacial score (nSPS) is 20.6. The van der Waals surface area contributed by atoms with Crippen LogP contribution in [0, 0.1) is 0 Å². The molecule has 1 heterocycles. The Kier molecular flexibility index (Phi) is 3.20. The van der Waals surface area contributed by atoms with Gasteiger partial charge in [-0.3, -0.25) is 4.79 Å². The van der Waals surface area contributed by atoms with Gasteiger partial charge >= 0.3 is 0 Å². The minimum absolute atomic E-state index is 0.0234. The van der Waals surface area contributed by atoms with Crippen molar-refractivity contribution in [3.63, 3.8) is 0 Å². The molecule has 1 N–H and O–H groups in total. The fourth-order valence-electron chi connectivity index (χ4n) is 2.49. The van der Waals surface area contributed by atoms with E-state index < -0.39 is 5.60 Å². The van der Waals surface area contributed by atoms with Crippen molar-refractivity contribution in [3.05, 3.63) is 35.9 Å². The van der Waals surface area contributed by atoms with E-state index in [1.165, 1.54) is 0 Å². The molecule has 0 aliphatic carbocycles. The van der Waals surface area contributed by atoms with E-state index >= 15 is 0 Å². The molecule has 1 aromatic carbocycles. The molecule has 2 rings (SSSR count). The van der Waals surface area contributed by atoms with Crippen molar-refractivity contribution in [3.8, 4) is 0 Å². The van der Waals surface area contributed by atoms with Crippen LogP contribution in [0.25, 0.3) is 0 Å². The van der Waals surface area contributed by atoms with Crippen LogP contribution in [0.5, 0.6) is 0 Å². The Balaban J connectivity index is 2.20. The van der Waals surface area contributed by atoms with E-state index in [2.05, 4.69) is 0 Å². The lowest BCUT2D eigenvalue weighted by molar-refractivity contribution is 0.000336. The third-order valence-corrected chi connectivity index (χ3v) is 3.35. The van der Waals surface area contributed by atoms with Gasteiger partial charge in [0, 0.05) is 12.1 Å². The Morgan fingerprint density at radius 2 is 2.00 bits per heavy atom. The molecular weight excluding hydrogens is 214 g/mol. The molecule has 1 aliphatic heterocycles. The summed E-state index contributed by atoms with van der Waals surface area (Å²) in [5.74, 6) is 0.0234. The van der Waals surface area contributed by atoms with E-state index in [0.717, 1.165) is 19.4 Å². The minimum atomic E-state index is -0.832. The van der Waals surface area contributed by atoms with Crippen LogP contribution in [0.15, 0.2) is 30.3 Å². The van der Waals surface area contributed by atoms with Gasteiger partial charge in [0.25, 0.3) is 5.91 Å². The third kappa shape index (κ3) is 2.50. The fourth-order valence-corrected chi connectivity index (χ4v) is 2.49. The molecule has 0 unspecified atom stereocenters. The topological polar surface area (TPSA) is 40.5 Å².